The summed E-state index contributed by atoms with van der Waals surface area (Å²) in [7, 11) is 0. The summed E-state index contributed by atoms with van der Waals surface area (Å²) in [6.45, 7) is 3.19. The van der Waals surface area contributed by atoms with Crippen molar-refractivity contribution in [3.05, 3.63) is 54.5 Å². The quantitative estimate of drug-likeness (QED) is 0.626. The Morgan fingerprint density at radius 2 is 2.11 bits per heavy atom. The van der Waals surface area contributed by atoms with Crippen LogP contribution in [0.3, 0.4) is 0 Å². The standard InChI is InChI=1S/C22H25FN4/c23-18-9-5-13-26-22(18)21-14-20(17-8-1-2-10-19(17)27-21)25-12-4-7-16-6-3-11-24-15-16/h1-2,5,8-10,13-14,16,24H,3-4,6-7,11-12,15H2,(H,25,27). The van der Waals surface area contributed by atoms with Crippen LogP contribution in [0.1, 0.15) is 25.7 Å². The lowest BCUT2D eigenvalue weighted by molar-refractivity contribution is 0.353. The second kappa shape index (κ2) is 8.44. The maximum Gasteiger partial charge on any atom is 0.151 e. The molecule has 0 radical (unpaired) electrons. The highest BCUT2D eigenvalue weighted by Crippen LogP contribution is 2.28. The third kappa shape index (κ3) is 4.25. The Kier molecular flexibility index (Phi) is 5.58. The number of para-hydroxylation sites is 1. The predicted octanol–water partition coefficient (Wildman–Crippen LogP) is 4.63. The highest BCUT2D eigenvalue weighted by molar-refractivity contribution is 5.93. The smallest absolute Gasteiger partial charge is 0.151 e. The van der Waals surface area contributed by atoms with Crippen LogP contribution in [0.4, 0.5) is 10.1 Å². The van der Waals surface area contributed by atoms with E-state index in [0.29, 0.717) is 11.4 Å². The van der Waals surface area contributed by atoms with E-state index in [1.165, 1.54) is 25.3 Å². The van der Waals surface area contributed by atoms with Gasteiger partial charge in [0.05, 0.1) is 11.2 Å². The Morgan fingerprint density at radius 1 is 1.19 bits per heavy atom. The summed E-state index contributed by atoms with van der Waals surface area (Å²) in [5.41, 5.74) is 2.69. The van der Waals surface area contributed by atoms with Gasteiger partial charge in [0.15, 0.2) is 5.82 Å². The van der Waals surface area contributed by atoms with Gasteiger partial charge in [-0.1, -0.05) is 18.2 Å². The Bertz CT molecular complexity index is 906. The number of hydrogen-bond donors (Lipinski definition) is 2. The first-order chi connectivity index (χ1) is 13.3. The summed E-state index contributed by atoms with van der Waals surface area (Å²) in [5.74, 6) is 0.434. The number of rotatable bonds is 6. The number of piperidine rings is 1. The Hall–Kier alpha value is -2.53. The molecule has 5 heteroatoms. The Morgan fingerprint density at radius 3 is 2.96 bits per heavy atom. The van der Waals surface area contributed by atoms with E-state index in [1.807, 2.05) is 30.3 Å². The largest absolute Gasteiger partial charge is 0.384 e. The van der Waals surface area contributed by atoms with Crippen LogP contribution in [0.5, 0.6) is 0 Å². The Balaban J connectivity index is 1.53. The topological polar surface area (TPSA) is 49.8 Å². The number of pyridine rings is 2. The minimum absolute atomic E-state index is 0.291. The molecule has 3 heterocycles. The van der Waals surface area contributed by atoms with Crippen LogP contribution in [0.25, 0.3) is 22.3 Å². The molecule has 1 aliphatic heterocycles. The van der Waals surface area contributed by atoms with Gasteiger partial charge in [-0.25, -0.2) is 9.37 Å². The van der Waals surface area contributed by atoms with Gasteiger partial charge in [-0.05, 0) is 69.0 Å². The number of hydrogen-bond acceptors (Lipinski definition) is 4. The van der Waals surface area contributed by atoms with Crippen molar-refractivity contribution in [1.29, 1.82) is 0 Å². The molecule has 3 aromatic rings. The molecule has 1 aromatic carbocycles. The third-order valence-electron chi connectivity index (χ3n) is 5.22. The molecular formula is C22H25FN4. The van der Waals surface area contributed by atoms with E-state index in [1.54, 1.807) is 12.3 Å². The van der Waals surface area contributed by atoms with E-state index >= 15 is 0 Å². The van der Waals surface area contributed by atoms with Crippen molar-refractivity contribution in [2.24, 2.45) is 5.92 Å². The van der Waals surface area contributed by atoms with Crippen LogP contribution in [0.2, 0.25) is 0 Å². The number of fused-ring (bicyclic) bond motifs is 1. The zero-order valence-corrected chi connectivity index (χ0v) is 15.4. The number of anilines is 1. The van der Waals surface area contributed by atoms with Gasteiger partial charge in [-0.15, -0.1) is 0 Å². The zero-order valence-electron chi connectivity index (χ0n) is 15.4. The number of benzene rings is 1. The van der Waals surface area contributed by atoms with E-state index in [9.17, 15) is 4.39 Å². The zero-order chi connectivity index (χ0) is 18.5. The van der Waals surface area contributed by atoms with Gasteiger partial charge in [0.25, 0.3) is 0 Å². The lowest BCUT2D eigenvalue weighted by atomic mass is 9.95. The van der Waals surface area contributed by atoms with Crippen LogP contribution in [0, 0.1) is 11.7 Å². The Labute approximate surface area is 159 Å². The maximum atomic E-state index is 14.2. The lowest BCUT2D eigenvalue weighted by Crippen LogP contribution is -2.29. The molecule has 0 amide bonds. The van der Waals surface area contributed by atoms with Gasteiger partial charge < -0.3 is 10.6 Å². The molecule has 1 atom stereocenters. The summed E-state index contributed by atoms with van der Waals surface area (Å²) >= 11 is 0. The molecule has 0 aliphatic carbocycles. The fourth-order valence-electron chi connectivity index (χ4n) is 3.80. The SMILES string of the molecule is Fc1cccnc1-c1cc(NCCCC2CCCNC2)c2ccccc2n1. The number of nitrogens with one attached hydrogen (secondary N) is 2. The molecule has 2 N–H and O–H groups in total. The van der Waals surface area contributed by atoms with E-state index < -0.39 is 0 Å². The van der Waals surface area contributed by atoms with Crippen LogP contribution in [0.15, 0.2) is 48.7 Å². The van der Waals surface area contributed by atoms with Crippen LogP contribution in [-0.4, -0.2) is 29.6 Å². The molecule has 1 fully saturated rings. The average molecular weight is 364 g/mol. The minimum atomic E-state index is -0.351. The van der Waals surface area contributed by atoms with Crippen LogP contribution in [-0.2, 0) is 0 Å². The molecule has 1 saturated heterocycles. The first-order valence-corrected chi connectivity index (χ1v) is 9.76. The monoisotopic (exact) mass is 364 g/mol. The number of aromatic nitrogens is 2. The van der Waals surface area contributed by atoms with Gasteiger partial charge in [0, 0.05) is 23.8 Å². The normalized spacial score (nSPS) is 17.1. The van der Waals surface area contributed by atoms with Crippen molar-refractivity contribution in [3.8, 4) is 11.4 Å². The summed E-state index contributed by atoms with van der Waals surface area (Å²) in [5, 5.41) is 8.08. The van der Waals surface area contributed by atoms with Crippen molar-refractivity contribution in [2.75, 3.05) is 25.0 Å². The van der Waals surface area contributed by atoms with E-state index in [-0.39, 0.29) is 5.82 Å². The molecule has 1 unspecified atom stereocenters. The second-order valence-electron chi connectivity index (χ2n) is 7.19. The first kappa shape index (κ1) is 17.9. The fraction of sp³-hybridized carbons (Fsp3) is 0.364. The molecular weight excluding hydrogens is 339 g/mol. The van der Waals surface area contributed by atoms with Gasteiger partial charge in [0.2, 0.25) is 0 Å². The molecule has 2 aromatic heterocycles. The van der Waals surface area contributed by atoms with Crippen LogP contribution >= 0.6 is 0 Å². The summed E-state index contributed by atoms with van der Waals surface area (Å²) in [6.07, 6.45) is 6.56. The summed E-state index contributed by atoms with van der Waals surface area (Å²) < 4.78 is 14.2. The predicted molar refractivity (Wildman–Crippen MR) is 108 cm³/mol. The molecule has 140 valence electrons. The van der Waals surface area contributed by atoms with Gasteiger partial charge in [-0.2, -0.15) is 0 Å². The molecule has 0 saturated carbocycles. The molecule has 1 aliphatic rings. The molecule has 0 spiro atoms. The van der Waals surface area contributed by atoms with Crippen molar-refractivity contribution >= 4 is 16.6 Å². The highest BCUT2D eigenvalue weighted by Gasteiger charge is 2.13. The molecule has 0 bridgehead atoms. The van der Waals surface area contributed by atoms with Crippen molar-refractivity contribution < 1.29 is 4.39 Å². The van der Waals surface area contributed by atoms with Crippen molar-refractivity contribution in [3.63, 3.8) is 0 Å². The van der Waals surface area contributed by atoms with Crippen molar-refractivity contribution in [1.82, 2.24) is 15.3 Å². The second-order valence-corrected chi connectivity index (χ2v) is 7.19. The third-order valence-corrected chi connectivity index (χ3v) is 5.22. The minimum Gasteiger partial charge on any atom is -0.384 e. The lowest BCUT2D eigenvalue weighted by Gasteiger charge is -2.22. The van der Waals surface area contributed by atoms with Crippen LogP contribution < -0.4 is 10.6 Å². The van der Waals surface area contributed by atoms with E-state index in [4.69, 9.17) is 0 Å². The summed E-state index contributed by atoms with van der Waals surface area (Å²) in [6, 6.07) is 12.9. The molecule has 27 heavy (non-hydrogen) atoms. The highest BCUT2D eigenvalue weighted by atomic mass is 19.1. The van der Waals surface area contributed by atoms with Gasteiger partial charge in [0.1, 0.15) is 5.69 Å². The van der Waals surface area contributed by atoms with Crippen molar-refractivity contribution in [2.45, 2.75) is 25.7 Å². The van der Waals surface area contributed by atoms with Gasteiger partial charge in [-0.3, -0.25) is 4.98 Å². The maximum absolute atomic E-state index is 14.2. The first-order valence-electron chi connectivity index (χ1n) is 9.76. The fourth-order valence-corrected chi connectivity index (χ4v) is 3.80. The van der Waals surface area contributed by atoms with Gasteiger partial charge >= 0.3 is 0 Å². The number of halogens is 1. The van der Waals surface area contributed by atoms with E-state index in [2.05, 4.69) is 20.6 Å². The summed E-state index contributed by atoms with van der Waals surface area (Å²) in [4.78, 5) is 8.80. The molecule has 4 nitrogen and oxygen atoms in total. The van der Waals surface area contributed by atoms with E-state index in [0.717, 1.165) is 48.6 Å². The number of nitrogens with zero attached hydrogens (tertiary/aromatic N) is 2. The molecule has 4 rings (SSSR count). The average Bonchev–Trinajstić information content (AvgIpc) is 2.72.